The van der Waals surface area contributed by atoms with Gasteiger partial charge in [0.05, 0.1) is 7.11 Å². The molecule has 0 amide bonds. The third kappa shape index (κ3) is 3.09. The monoisotopic (exact) mass is 261 g/mol. The molecule has 0 aliphatic carbocycles. The zero-order valence-corrected chi connectivity index (χ0v) is 10.9. The maximum absolute atomic E-state index is 12.9. The van der Waals surface area contributed by atoms with Crippen LogP contribution in [0.2, 0.25) is 0 Å². The van der Waals surface area contributed by atoms with Crippen LogP contribution >= 0.6 is 0 Å². The number of aliphatic hydroxyl groups is 1. The van der Waals surface area contributed by atoms with Gasteiger partial charge in [0.2, 0.25) is 0 Å². The molecule has 2 rings (SSSR count). The van der Waals surface area contributed by atoms with Gasteiger partial charge in [0.1, 0.15) is 22.9 Å². The Morgan fingerprint density at radius 3 is 2.58 bits per heavy atom. The molecule has 0 saturated carbocycles. The second kappa shape index (κ2) is 5.36. The van der Waals surface area contributed by atoms with Crippen LogP contribution in [0.4, 0.5) is 4.39 Å². The second-order valence-corrected chi connectivity index (χ2v) is 4.63. The molecule has 0 saturated heterocycles. The molecule has 3 nitrogen and oxygen atoms in total. The topological polar surface area (TPSA) is 42.4 Å². The molecule has 0 aliphatic heterocycles. The first kappa shape index (κ1) is 13.5. The van der Waals surface area contributed by atoms with Gasteiger partial charge in [0, 0.05) is 12.6 Å². The van der Waals surface area contributed by atoms with E-state index in [0.717, 1.165) is 5.56 Å². The van der Waals surface area contributed by atoms with Crippen molar-refractivity contribution in [1.29, 1.82) is 0 Å². The highest BCUT2D eigenvalue weighted by Crippen LogP contribution is 2.30. The van der Waals surface area contributed by atoms with Crippen LogP contribution in [0.1, 0.15) is 18.2 Å². The lowest BCUT2D eigenvalue weighted by molar-refractivity contribution is 0.0501. The molecule has 19 heavy (non-hydrogen) atoms. The number of nitrogens with zero attached hydrogens (tertiary/aromatic N) is 1. The van der Waals surface area contributed by atoms with E-state index in [2.05, 4.69) is 4.98 Å². The second-order valence-electron chi connectivity index (χ2n) is 4.63. The Balaban J connectivity index is 2.29. The summed E-state index contributed by atoms with van der Waals surface area (Å²) in [5.74, 6) is 0.244. The Morgan fingerprint density at radius 2 is 1.95 bits per heavy atom. The normalized spacial score (nSPS) is 13.9. The maximum Gasteiger partial charge on any atom is 0.143 e. The molecule has 1 unspecified atom stereocenters. The highest BCUT2D eigenvalue weighted by Gasteiger charge is 2.28. The highest BCUT2D eigenvalue weighted by atomic mass is 19.1. The van der Waals surface area contributed by atoms with Gasteiger partial charge in [0.25, 0.3) is 0 Å². The fourth-order valence-electron chi connectivity index (χ4n) is 2.04. The number of rotatable bonds is 4. The summed E-state index contributed by atoms with van der Waals surface area (Å²) in [5, 5.41) is 10.6. The van der Waals surface area contributed by atoms with Crippen molar-refractivity contribution in [2.45, 2.75) is 18.9 Å². The van der Waals surface area contributed by atoms with Crippen LogP contribution in [0.15, 0.2) is 42.6 Å². The predicted octanol–water partition coefficient (Wildman–Crippen LogP) is 2.68. The summed E-state index contributed by atoms with van der Waals surface area (Å²) in [5.41, 5.74) is 0.130. The minimum atomic E-state index is -1.18. The van der Waals surface area contributed by atoms with Crippen molar-refractivity contribution in [1.82, 2.24) is 4.98 Å². The van der Waals surface area contributed by atoms with Crippen LogP contribution in [0.25, 0.3) is 0 Å². The van der Waals surface area contributed by atoms with Crippen LogP contribution < -0.4 is 4.74 Å². The molecule has 100 valence electrons. The van der Waals surface area contributed by atoms with Gasteiger partial charge in [-0.25, -0.2) is 4.39 Å². The molecule has 1 aromatic carbocycles. The summed E-state index contributed by atoms with van der Waals surface area (Å²) in [6.07, 6.45) is 1.94. The predicted molar refractivity (Wildman–Crippen MR) is 70.5 cm³/mol. The SMILES string of the molecule is COc1cccnc1C(C)(O)Cc1ccc(F)cc1. The first-order valence-electron chi connectivity index (χ1n) is 5.99. The number of hydrogen-bond donors (Lipinski definition) is 1. The van der Waals surface area contributed by atoms with Gasteiger partial charge in [-0.05, 0) is 36.8 Å². The van der Waals surface area contributed by atoms with E-state index in [4.69, 9.17) is 4.74 Å². The van der Waals surface area contributed by atoms with Gasteiger partial charge in [-0.15, -0.1) is 0 Å². The number of pyridine rings is 1. The quantitative estimate of drug-likeness (QED) is 0.920. The summed E-state index contributed by atoms with van der Waals surface area (Å²) in [4.78, 5) is 4.19. The molecule has 1 atom stereocenters. The Hall–Kier alpha value is -1.94. The van der Waals surface area contributed by atoms with Gasteiger partial charge in [-0.2, -0.15) is 0 Å². The first-order chi connectivity index (χ1) is 9.03. The zero-order chi connectivity index (χ0) is 13.9. The molecule has 1 aromatic heterocycles. The third-order valence-corrected chi connectivity index (χ3v) is 2.96. The largest absolute Gasteiger partial charge is 0.495 e. The van der Waals surface area contributed by atoms with E-state index in [1.807, 2.05) is 0 Å². The van der Waals surface area contributed by atoms with E-state index in [1.165, 1.54) is 19.2 Å². The van der Waals surface area contributed by atoms with E-state index in [9.17, 15) is 9.50 Å². The van der Waals surface area contributed by atoms with E-state index < -0.39 is 5.60 Å². The Bertz CT molecular complexity index is 552. The highest BCUT2D eigenvalue weighted by molar-refractivity contribution is 5.33. The lowest BCUT2D eigenvalue weighted by atomic mass is 9.92. The van der Waals surface area contributed by atoms with Crippen LogP contribution in [0.5, 0.6) is 5.75 Å². The van der Waals surface area contributed by atoms with E-state index in [0.29, 0.717) is 17.9 Å². The summed E-state index contributed by atoms with van der Waals surface area (Å²) >= 11 is 0. The van der Waals surface area contributed by atoms with E-state index in [1.54, 1.807) is 37.4 Å². The number of halogens is 1. The summed E-state index contributed by atoms with van der Waals surface area (Å²) in [6, 6.07) is 9.55. The number of aromatic nitrogens is 1. The molecule has 2 aromatic rings. The van der Waals surface area contributed by atoms with Crippen LogP contribution in [0.3, 0.4) is 0 Å². The molecule has 0 fully saturated rings. The lowest BCUT2D eigenvalue weighted by Gasteiger charge is -2.24. The number of hydrogen-bond acceptors (Lipinski definition) is 3. The van der Waals surface area contributed by atoms with Crippen molar-refractivity contribution in [2.75, 3.05) is 7.11 Å². The molecule has 0 spiro atoms. The number of benzene rings is 1. The Labute approximate surface area is 111 Å². The molecule has 0 aliphatic rings. The number of methoxy groups -OCH3 is 1. The van der Waals surface area contributed by atoms with Crippen molar-refractivity contribution in [3.63, 3.8) is 0 Å². The summed E-state index contributed by atoms with van der Waals surface area (Å²) < 4.78 is 18.1. The smallest absolute Gasteiger partial charge is 0.143 e. The van der Waals surface area contributed by atoms with Gasteiger partial charge < -0.3 is 9.84 Å². The molecule has 1 heterocycles. The molecule has 4 heteroatoms. The van der Waals surface area contributed by atoms with Crippen molar-refractivity contribution < 1.29 is 14.2 Å². The fourth-order valence-corrected chi connectivity index (χ4v) is 2.04. The molecule has 0 radical (unpaired) electrons. The molecule has 0 bridgehead atoms. The first-order valence-corrected chi connectivity index (χ1v) is 5.99. The minimum absolute atomic E-state index is 0.293. The van der Waals surface area contributed by atoms with Gasteiger partial charge >= 0.3 is 0 Å². The molecular weight excluding hydrogens is 245 g/mol. The zero-order valence-electron chi connectivity index (χ0n) is 10.9. The average Bonchev–Trinajstić information content (AvgIpc) is 2.41. The van der Waals surface area contributed by atoms with Crippen molar-refractivity contribution in [3.05, 3.63) is 59.7 Å². The third-order valence-electron chi connectivity index (χ3n) is 2.96. The van der Waals surface area contributed by atoms with Crippen molar-refractivity contribution >= 4 is 0 Å². The summed E-state index contributed by atoms with van der Waals surface area (Å²) in [7, 11) is 1.54. The molecule has 1 N–H and O–H groups in total. The van der Waals surface area contributed by atoms with Crippen LogP contribution in [-0.2, 0) is 12.0 Å². The average molecular weight is 261 g/mol. The van der Waals surface area contributed by atoms with Crippen LogP contribution in [0, 0.1) is 5.82 Å². The maximum atomic E-state index is 12.9. The van der Waals surface area contributed by atoms with E-state index in [-0.39, 0.29) is 5.82 Å². The number of ether oxygens (including phenoxy) is 1. The Morgan fingerprint density at radius 1 is 1.26 bits per heavy atom. The van der Waals surface area contributed by atoms with Gasteiger partial charge in [-0.1, -0.05) is 12.1 Å². The van der Waals surface area contributed by atoms with Crippen molar-refractivity contribution in [3.8, 4) is 5.75 Å². The van der Waals surface area contributed by atoms with Gasteiger partial charge in [0.15, 0.2) is 0 Å². The van der Waals surface area contributed by atoms with Crippen LogP contribution in [-0.4, -0.2) is 17.2 Å². The Kier molecular flexibility index (Phi) is 3.81. The van der Waals surface area contributed by atoms with Crippen molar-refractivity contribution in [2.24, 2.45) is 0 Å². The standard InChI is InChI=1S/C15H16FNO2/c1-15(18,10-11-5-7-12(16)8-6-11)14-13(19-2)4-3-9-17-14/h3-9,18H,10H2,1-2H3. The lowest BCUT2D eigenvalue weighted by Crippen LogP contribution is -2.26. The van der Waals surface area contributed by atoms with Gasteiger partial charge in [-0.3, -0.25) is 4.98 Å². The molecular formula is C15H16FNO2. The fraction of sp³-hybridized carbons (Fsp3) is 0.267. The minimum Gasteiger partial charge on any atom is -0.495 e. The summed E-state index contributed by atoms with van der Waals surface area (Å²) in [6.45, 7) is 1.67. The van der Waals surface area contributed by atoms with E-state index >= 15 is 0 Å².